The van der Waals surface area contributed by atoms with E-state index in [1.807, 2.05) is 29.6 Å². The molecule has 1 aromatic carbocycles. The van der Waals surface area contributed by atoms with Gasteiger partial charge in [0.1, 0.15) is 5.01 Å². The first-order chi connectivity index (χ1) is 12.2. The SMILES string of the molecule is O=C(Nc1cccc(-c2nccs2)c1)N1C[C@H](O)[C@@H](N2CCCC2)C1. The Bertz CT molecular complexity index is 730. The molecule has 132 valence electrons. The highest BCUT2D eigenvalue weighted by molar-refractivity contribution is 7.13. The van der Waals surface area contributed by atoms with Crippen LogP contribution in [0.4, 0.5) is 10.5 Å². The van der Waals surface area contributed by atoms with E-state index in [9.17, 15) is 9.90 Å². The first-order valence-corrected chi connectivity index (χ1v) is 9.56. The van der Waals surface area contributed by atoms with Gasteiger partial charge in [0.05, 0.1) is 18.7 Å². The van der Waals surface area contributed by atoms with Crippen LogP contribution in [0.1, 0.15) is 12.8 Å². The van der Waals surface area contributed by atoms with E-state index in [2.05, 4.69) is 15.2 Å². The van der Waals surface area contributed by atoms with Crippen LogP contribution in [0.2, 0.25) is 0 Å². The number of anilines is 1. The fraction of sp³-hybridized carbons (Fsp3) is 0.444. The van der Waals surface area contributed by atoms with Gasteiger partial charge in [-0.25, -0.2) is 9.78 Å². The minimum absolute atomic E-state index is 0.0647. The number of nitrogens with zero attached hydrogens (tertiary/aromatic N) is 3. The molecule has 3 heterocycles. The maximum Gasteiger partial charge on any atom is 0.321 e. The number of rotatable bonds is 3. The van der Waals surface area contributed by atoms with Crippen LogP contribution in [0.25, 0.3) is 10.6 Å². The molecule has 7 heteroatoms. The lowest BCUT2D eigenvalue weighted by Crippen LogP contribution is -2.41. The lowest BCUT2D eigenvalue weighted by Gasteiger charge is -2.25. The summed E-state index contributed by atoms with van der Waals surface area (Å²) in [6.45, 7) is 3.01. The quantitative estimate of drug-likeness (QED) is 0.884. The number of hydrogen-bond donors (Lipinski definition) is 2. The van der Waals surface area contributed by atoms with Crippen LogP contribution >= 0.6 is 11.3 Å². The second kappa shape index (κ2) is 7.11. The van der Waals surface area contributed by atoms with Crippen LogP contribution in [0.15, 0.2) is 35.8 Å². The number of amides is 2. The molecule has 2 aliphatic rings. The van der Waals surface area contributed by atoms with E-state index >= 15 is 0 Å². The molecule has 0 radical (unpaired) electrons. The van der Waals surface area contributed by atoms with E-state index < -0.39 is 6.10 Å². The topological polar surface area (TPSA) is 68.7 Å². The van der Waals surface area contributed by atoms with Crippen LogP contribution < -0.4 is 5.32 Å². The number of aliphatic hydroxyl groups is 1. The number of urea groups is 1. The second-order valence-electron chi connectivity index (χ2n) is 6.63. The molecule has 2 amide bonds. The Kier molecular flexibility index (Phi) is 4.70. The lowest BCUT2D eigenvalue weighted by molar-refractivity contribution is 0.0980. The molecular formula is C18H22N4O2S. The predicted molar refractivity (Wildman–Crippen MR) is 98.7 cm³/mol. The Labute approximate surface area is 151 Å². The number of thiazole rings is 1. The normalized spacial score (nSPS) is 24.0. The summed E-state index contributed by atoms with van der Waals surface area (Å²) in [6, 6.07) is 7.61. The molecule has 2 saturated heterocycles. The van der Waals surface area contributed by atoms with Crippen molar-refractivity contribution in [2.45, 2.75) is 25.0 Å². The van der Waals surface area contributed by atoms with Gasteiger partial charge in [-0.1, -0.05) is 12.1 Å². The average molecular weight is 358 g/mol. The first kappa shape index (κ1) is 16.5. The van der Waals surface area contributed by atoms with Gasteiger partial charge in [0.25, 0.3) is 0 Å². The van der Waals surface area contributed by atoms with Crippen molar-refractivity contribution in [2.75, 3.05) is 31.5 Å². The van der Waals surface area contributed by atoms with Gasteiger partial charge in [0.15, 0.2) is 0 Å². The van der Waals surface area contributed by atoms with Crippen LogP contribution in [0.3, 0.4) is 0 Å². The molecule has 2 aliphatic heterocycles. The standard InChI is InChI=1S/C18H22N4O2S/c23-16-12-22(11-15(16)21-7-1-2-8-21)18(24)20-14-5-3-4-13(10-14)17-19-6-9-25-17/h3-6,9-10,15-16,23H,1-2,7-8,11-12H2,(H,20,24)/t15-,16-/m0/s1. The zero-order valence-electron chi connectivity index (χ0n) is 14.0. The van der Waals surface area contributed by atoms with E-state index in [4.69, 9.17) is 0 Å². The molecule has 0 saturated carbocycles. The number of carbonyl (C=O) groups excluding carboxylic acids is 1. The van der Waals surface area contributed by atoms with Crippen LogP contribution in [-0.4, -0.2) is 64.2 Å². The summed E-state index contributed by atoms with van der Waals surface area (Å²) in [5.74, 6) is 0. The Balaban J connectivity index is 1.41. The summed E-state index contributed by atoms with van der Waals surface area (Å²) < 4.78 is 0. The highest BCUT2D eigenvalue weighted by atomic mass is 32.1. The third-order valence-electron chi connectivity index (χ3n) is 4.95. The molecule has 4 rings (SSSR count). The Morgan fingerprint density at radius 1 is 1.28 bits per heavy atom. The van der Waals surface area contributed by atoms with Gasteiger partial charge in [0, 0.05) is 29.4 Å². The summed E-state index contributed by atoms with van der Waals surface area (Å²) in [7, 11) is 0. The smallest absolute Gasteiger partial charge is 0.321 e. The van der Waals surface area contributed by atoms with Crippen molar-refractivity contribution in [1.82, 2.24) is 14.8 Å². The van der Waals surface area contributed by atoms with Gasteiger partial charge in [-0.15, -0.1) is 11.3 Å². The fourth-order valence-corrected chi connectivity index (χ4v) is 4.30. The highest BCUT2D eigenvalue weighted by Crippen LogP contribution is 2.25. The minimum Gasteiger partial charge on any atom is -0.390 e. The molecule has 2 atom stereocenters. The van der Waals surface area contributed by atoms with E-state index in [1.54, 1.807) is 22.4 Å². The average Bonchev–Trinajstić information content (AvgIpc) is 3.36. The van der Waals surface area contributed by atoms with Crippen LogP contribution in [0.5, 0.6) is 0 Å². The summed E-state index contributed by atoms with van der Waals surface area (Å²) in [4.78, 5) is 20.9. The maximum absolute atomic E-state index is 12.6. The lowest BCUT2D eigenvalue weighted by atomic mass is 10.2. The van der Waals surface area contributed by atoms with Crippen molar-refractivity contribution in [2.24, 2.45) is 0 Å². The van der Waals surface area contributed by atoms with E-state index in [1.165, 1.54) is 12.8 Å². The molecule has 2 N–H and O–H groups in total. The molecular weight excluding hydrogens is 336 g/mol. The van der Waals surface area contributed by atoms with Crippen molar-refractivity contribution < 1.29 is 9.90 Å². The largest absolute Gasteiger partial charge is 0.390 e. The Morgan fingerprint density at radius 3 is 2.88 bits per heavy atom. The molecule has 25 heavy (non-hydrogen) atoms. The van der Waals surface area contributed by atoms with Gasteiger partial charge >= 0.3 is 6.03 Å². The molecule has 0 spiro atoms. The number of carbonyl (C=O) groups is 1. The molecule has 6 nitrogen and oxygen atoms in total. The zero-order chi connectivity index (χ0) is 17.2. The summed E-state index contributed by atoms with van der Waals surface area (Å²) in [6.07, 6.45) is 3.67. The molecule has 0 aliphatic carbocycles. The van der Waals surface area contributed by atoms with Crippen molar-refractivity contribution in [3.8, 4) is 10.6 Å². The number of nitrogens with one attached hydrogen (secondary N) is 1. The molecule has 0 unspecified atom stereocenters. The summed E-state index contributed by atoms with van der Waals surface area (Å²) in [5, 5.41) is 16.2. The van der Waals surface area contributed by atoms with Gasteiger partial charge in [0.2, 0.25) is 0 Å². The number of likely N-dealkylation sites (tertiary alicyclic amines) is 2. The maximum atomic E-state index is 12.6. The number of β-amino-alcohol motifs (C(OH)–C–C–N with tert-alkyl or cyclic N) is 1. The number of benzene rings is 1. The minimum atomic E-state index is -0.467. The van der Waals surface area contributed by atoms with Crippen molar-refractivity contribution in [3.63, 3.8) is 0 Å². The third-order valence-corrected chi connectivity index (χ3v) is 5.77. The van der Waals surface area contributed by atoms with Gasteiger partial charge < -0.3 is 15.3 Å². The third kappa shape index (κ3) is 3.53. The van der Waals surface area contributed by atoms with Crippen molar-refractivity contribution in [3.05, 3.63) is 35.8 Å². The number of aromatic nitrogens is 1. The summed E-state index contributed by atoms with van der Waals surface area (Å²) >= 11 is 1.57. The van der Waals surface area contributed by atoms with Gasteiger partial charge in [-0.05, 0) is 38.1 Å². The number of aliphatic hydroxyl groups excluding tert-OH is 1. The Hall–Kier alpha value is -1.96. The van der Waals surface area contributed by atoms with Gasteiger partial charge in [-0.3, -0.25) is 4.90 Å². The molecule has 1 aromatic heterocycles. The van der Waals surface area contributed by atoms with Crippen LogP contribution in [0, 0.1) is 0 Å². The van der Waals surface area contributed by atoms with E-state index in [-0.39, 0.29) is 12.1 Å². The monoisotopic (exact) mass is 358 g/mol. The zero-order valence-corrected chi connectivity index (χ0v) is 14.8. The molecule has 2 fully saturated rings. The second-order valence-corrected chi connectivity index (χ2v) is 7.53. The first-order valence-electron chi connectivity index (χ1n) is 8.69. The van der Waals surface area contributed by atoms with Gasteiger partial charge in [-0.2, -0.15) is 0 Å². The van der Waals surface area contributed by atoms with Crippen molar-refractivity contribution in [1.29, 1.82) is 0 Å². The fourth-order valence-electron chi connectivity index (χ4n) is 3.67. The highest BCUT2D eigenvalue weighted by Gasteiger charge is 2.38. The molecule has 2 aromatic rings. The van der Waals surface area contributed by atoms with Crippen LogP contribution in [-0.2, 0) is 0 Å². The van der Waals surface area contributed by atoms with E-state index in [0.717, 1.165) is 29.3 Å². The number of hydrogen-bond acceptors (Lipinski definition) is 5. The Morgan fingerprint density at radius 2 is 2.12 bits per heavy atom. The summed E-state index contributed by atoms with van der Waals surface area (Å²) in [5.41, 5.74) is 1.74. The van der Waals surface area contributed by atoms with E-state index in [0.29, 0.717) is 13.1 Å². The predicted octanol–water partition coefficient (Wildman–Crippen LogP) is 2.48. The molecule has 0 bridgehead atoms. The van der Waals surface area contributed by atoms with Crippen molar-refractivity contribution >= 4 is 23.1 Å².